The van der Waals surface area contributed by atoms with E-state index in [1.807, 2.05) is 67.6 Å². The molecule has 3 aromatic carbocycles. The van der Waals surface area contributed by atoms with E-state index in [2.05, 4.69) is 5.32 Å². The van der Waals surface area contributed by atoms with Gasteiger partial charge in [0.2, 0.25) is 6.41 Å². The molecule has 0 aliphatic carbocycles. The number of phenols is 1. The molecule has 0 aromatic heterocycles. The van der Waals surface area contributed by atoms with Crippen LogP contribution in [0.2, 0.25) is 0 Å². The summed E-state index contributed by atoms with van der Waals surface area (Å²) in [7, 11) is 0. The predicted octanol–water partition coefficient (Wildman–Crippen LogP) is 4.11. The molecule has 0 saturated heterocycles. The third kappa shape index (κ3) is 4.08. The number of phenolic OH excluding ortho intramolecular Hbond substituents is 1. The van der Waals surface area contributed by atoms with E-state index < -0.39 is 0 Å². The van der Waals surface area contributed by atoms with Gasteiger partial charge in [-0.1, -0.05) is 42.5 Å². The van der Waals surface area contributed by atoms with Crippen molar-refractivity contribution < 1.29 is 9.90 Å². The topological polar surface area (TPSA) is 49.3 Å². The predicted molar refractivity (Wildman–Crippen MR) is 86.5 cm³/mol. The van der Waals surface area contributed by atoms with E-state index in [1.54, 1.807) is 6.07 Å². The molecule has 21 heavy (non-hydrogen) atoms. The van der Waals surface area contributed by atoms with Crippen molar-refractivity contribution in [2.45, 2.75) is 6.92 Å². The summed E-state index contributed by atoms with van der Waals surface area (Å²) >= 11 is 0. The van der Waals surface area contributed by atoms with Crippen LogP contribution in [0.3, 0.4) is 0 Å². The molecule has 1 amide bonds. The zero-order chi connectivity index (χ0) is 15.1. The zero-order valence-corrected chi connectivity index (χ0v) is 11.8. The second-order valence-electron chi connectivity index (χ2n) is 4.61. The van der Waals surface area contributed by atoms with E-state index in [-0.39, 0.29) is 0 Å². The lowest BCUT2D eigenvalue weighted by atomic mass is 10.1. The van der Waals surface area contributed by atoms with Gasteiger partial charge in [-0.15, -0.1) is 0 Å². The van der Waals surface area contributed by atoms with E-state index >= 15 is 0 Å². The Morgan fingerprint density at radius 3 is 2.10 bits per heavy atom. The standard InChI is InChI=1S/C11H10O.C7H7NO/c1-8-6-9-4-2-3-5-10(9)7-11(8)12;9-6-8-7-4-2-1-3-5-7/h2-7,12H,1H3;1-6H,(H,8,9). The Hall–Kier alpha value is -2.81. The Labute approximate surface area is 123 Å². The number of nitrogens with one attached hydrogen (secondary N) is 1. The number of para-hydroxylation sites is 1. The average Bonchev–Trinajstić information content (AvgIpc) is 2.50. The molecule has 2 N–H and O–H groups in total. The van der Waals surface area contributed by atoms with Gasteiger partial charge in [0.1, 0.15) is 5.75 Å². The van der Waals surface area contributed by atoms with Crippen LogP contribution >= 0.6 is 0 Å². The molecule has 0 radical (unpaired) electrons. The van der Waals surface area contributed by atoms with Crippen molar-refractivity contribution >= 4 is 22.9 Å². The lowest BCUT2D eigenvalue weighted by Gasteiger charge is -2.01. The Balaban J connectivity index is 0.000000161. The van der Waals surface area contributed by atoms with Gasteiger partial charge in [-0.3, -0.25) is 4.79 Å². The number of carbonyl (C=O) groups excluding carboxylic acids is 1. The van der Waals surface area contributed by atoms with Crippen LogP contribution < -0.4 is 5.32 Å². The summed E-state index contributed by atoms with van der Waals surface area (Å²) in [6.45, 7) is 1.90. The van der Waals surface area contributed by atoms with Gasteiger partial charge >= 0.3 is 0 Å². The van der Waals surface area contributed by atoms with Crippen LogP contribution in [0.1, 0.15) is 5.56 Å². The number of amides is 1. The Morgan fingerprint density at radius 1 is 0.905 bits per heavy atom. The van der Waals surface area contributed by atoms with Crippen molar-refractivity contribution in [2.24, 2.45) is 0 Å². The number of aryl methyl sites for hydroxylation is 1. The smallest absolute Gasteiger partial charge is 0.211 e. The first-order valence-corrected chi connectivity index (χ1v) is 6.64. The van der Waals surface area contributed by atoms with Gasteiger partial charge in [0.25, 0.3) is 0 Å². The summed E-state index contributed by atoms with van der Waals surface area (Å²) < 4.78 is 0. The second-order valence-corrected chi connectivity index (χ2v) is 4.61. The van der Waals surface area contributed by atoms with Crippen LogP contribution in [0.15, 0.2) is 66.7 Å². The lowest BCUT2D eigenvalue weighted by molar-refractivity contribution is -0.105. The molecule has 0 unspecified atom stereocenters. The number of aromatic hydroxyl groups is 1. The van der Waals surface area contributed by atoms with Gasteiger partial charge in [0.05, 0.1) is 0 Å². The molecule has 0 heterocycles. The number of benzene rings is 3. The molecule has 0 saturated carbocycles. The zero-order valence-electron chi connectivity index (χ0n) is 11.8. The van der Waals surface area contributed by atoms with Crippen molar-refractivity contribution in [3.8, 4) is 5.75 Å². The highest BCUT2D eigenvalue weighted by molar-refractivity contribution is 5.84. The molecule has 3 rings (SSSR count). The van der Waals surface area contributed by atoms with E-state index in [4.69, 9.17) is 0 Å². The Bertz CT molecular complexity index is 683. The van der Waals surface area contributed by atoms with Crippen LogP contribution in [-0.2, 0) is 4.79 Å². The van der Waals surface area contributed by atoms with Gasteiger partial charge in [-0.05, 0) is 47.5 Å². The Morgan fingerprint density at radius 2 is 1.48 bits per heavy atom. The summed E-state index contributed by atoms with van der Waals surface area (Å²) in [4.78, 5) is 9.86. The van der Waals surface area contributed by atoms with E-state index in [0.717, 1.165) is 16.6 Å². The summed E-state index contributed by atoms with van der Waals surface area (Å²) in [6, 6.07) is 21.1. The van der Waals surface area contributed by atoms with E-state index in [1.165, 1.54) is 5.39 Å². The molecule has 0 fully saturated rings. The molecule has 0 aliphatic rings. The molecule has 0 bridgehead atoms. The largest absolute Gasteiger partial charge is 0.508 e. The third-order valence-corrected chi connectivity index (χ3v) is 3.06. The van der Waals surface area contributed by atoms with Crippen molar-refractivity contribution in [3.05, 3.63) is 72.3 Å². The van der Waals surface area contributed by atoms with E-state index in [9.17, 15) is 9.90 Å². The molecular weight excluding hydrogens is 262 g/mol. The van der Waals surface area contributed by atoms with Gasteiger partial charge in [0, 0.05) is 5.69 Å². The van der Waals surface area contributed by atoms with Crippen molar-refractivity contribution in [1.82, 2.24) is 0 Å². The van der Waals surface area contributed by atoms with Crippen molar-refractivity contribution in [1.29, 1.82) is 0 Å². The minimum atomic E-state index is 0.369. The highest BCUT2D eigenvalue weighted by Gasteiger charge is 1.97. The number of fused-ring (bicyclic) bond motifs is 1. The molecule has 3 nitrogen and oxygen atoms in total. The molecule has 106 valence electrons. The monoisotopic (exact) mass is 279 g/mol. The fourth-order valence-corrected chi connectivity index (χ4v) is 1.94. The SMILES string of the molecule is Cc1cc2ccccc2cc1O.O=CNc1ccccc1. The third-order valence-electron chi connectivity index (χ3n) is 3.06. The number of rotatable bonds is 2. The maximum absolute atomic E-state index is 9.86. The normalized spacial score (nSPS) is 9.57. The summed E-state index contributed by atoms with van der Waals surface area (Å²) in [5, 5.41) is 14.2. The number of carbonyl (C=O) groups is 1. The summed E-state index contributed by atoms with van der Waals surface area (Å²) in [5.41, 5.74) is 1.75. The maximum Gasteiger partial charge on any atom is 0.211 e. The van der Waals surface area contributed by atoms with Crippen molar-refractivity contribution in [2.75, 3.05) is 5.32 Å². The van der Waals surface area contributed by atoms with Gasteiger partial charge < -0.3 is 10.4 Å². The number of hydrogen-bond acceptors (Lipinski definition) is 2. The van der Waals surface area contributed by atoms with Gasteiger partial charge in [0.15, 0.2) is 0 Å². The van der Waals surface area contributed by atoms with Crippen LogP contribution in [0.5, 0.6) is 5.75 Å². The molecule has 3 heteroatoms. The minimum absolute atomic E-state index is 0.369. The van der Waals surface area contributed by atoms with Gasteiger partial charge in [-0.25, -0.2) is 0 Å². The molecule has 0 atom stereocenters. The van der Waals surface area contributed by atoms with Crippen LogP contribution in [0, 0.1) is 6.92 Å². The first-order valence-electron chi connectivity index (χ1n) is 6.64. The van der Waals surface area contributed by atoms with Crippen LogP contribution in [-0.4, -0.2) is 11.5 Å². The Kier molecular flexibility index (Phi) is 4.94. The second kappa shape index (κ2) is 7.10. The molecule has 0 aliphatic heterocycles. The molecule has 0 spiro atoms. The first-order chi connectivity index (χ1) is 10.2. The van der Waals surface area contributed by atoms with Crippen molar-refractivity contribution in [3.63, 3.8) is 0 Å². The summed E-state index contributed by atoms with van der Waals surface area (Å²) in [5.74, 6) is 0.369. The number of anilines is 1. The molecular formula is C18H17NO2. The van der Waals surface area contributed by atoms with Gasteiger partial charge in [-0.2, -0.15) is 0 Å². The quantitative estimate of drug-likeness (QED) is 0.694. The summed E-state index contributed by atoms with van der Waals surface area (Å²) in [6.07, 6.45) is 0.662. The average molecular weight is 279 g/mol. The fraction of sp³-hybridized carbons (Fsp3) is 0.0556. The minimum Gasteiger partial charge on any atom is -0.508 e. The highest BCUT2D eigenvalue weighted by Crippen LogP contribution is 2.23. The maximum atomic E-state index is 9.86. The van der Waals surface area contributed by atoms with Crippen LogP contribution in [0.25, 0.3) is 10.8 Å². The first kappa shape index (κ1) is 14.6. The van der Waals surface area contributed by atoms with E-state index in [0.29, 0.717) is 12.2 Å². The number of hydrogen-bond donors (Lipinski definition) is 2. The molecule has 3 aromatic rings. The lowest BCUT2D eigenvalue weighted by Crippen LogP contribution is -1.91. The highest BCUT2D eigenvalue weighted by atomic mass is 16.3. The fourth-order valence-electron chi connectivity index (χ4n) is 1.94. The van der Waals surface area contributed by atoms with Crippen LogP contribution in [0.4, 0.5) is 5.69 Å².